The Bertz CT molecular complexity index is 835. The zero-order valence-electron chi connectivity index (χ0n) is 13.5. The highest BCUT2D eigenvalue weighted by atomic mass is 16.5. The zero-order chi connectivity index (χ0) is 17.8. The monoisotopic (exact) mass is 339 g/mol. The van der Waals surface area contributed by atoms with E-state index in [9.17, 15) is 14.4 Å². The maximum atomic E-state index is 12.3. The number of methoxy groups -OCH3 is 1. The Balaban J connectivity index is 1.70. The largest absolute Gasteiger partial charge is 0.465 e. The molecule has 0 bridgehead atoms. The number of fused-ring (bicyclic) bond motifs is 1. The van der Waals surface area contributed by atoms with Gasteiger partial charge in [0.25, 0.3) is 0 Å². The average Bonchev–Trinajstić information content (AvgIpc) is 2.62. The van der Waals surface area contributed by atoms with E-state index in [1.54, 1.807) is 30.3 Å². The van der Waals surface area contributed by atoms with Crippen LogP contribution in [0.5, 0.6) is 0 Å². The first kappa shape index (κ1) is 16.5. The van der Waals surface area contributed by atoms with E-state index in [0.29, 0.717) is 11.4 Å². The molecule has 7 heteroatoms. The maximum absolute atomic E-state index is 12.3. The second-order valence-electron chi connectivity index (χ2n) is 5.52. The molecule has 0 radical (unpaired) electrons. The number of carbonyl (C=O) groups is 3. The van der Waals surface area contributed by atoms with Crippen LogP contribution < -0.4 is 16.0 Å². The van der Waals surface area contributed by atoms with E-state index in [1.807, 2.05) is 18.2 Å². The first-order chi connectivity index (χ1) is 12.1. The van der Waals surface area contributed by atoms with Crippen molar-refractivity contribution in [1.29, 1.82) is 0 Å². The summed E-state index contributed by atoms with van der Waals surface area (Å²) in [6.45, 7) is 0. The van der Waals surface area contributed by atoms with Crippen LogP contribution in [0.4, 0.5) is 17.1 Å². The molecule has 7 nitrogen and oxygen atoms in total. The lowest BCUT2D eigenvalue weighted by molar-refractivity contribution is -0.122. The Morgan fingerprint density at radius 3 is 2.52 bits per heavy atom. The Morgan fingerprint density at radius 1 is 1.08 bits per heavy atom. The van der Waals surface area contributed by atoms with Gasteiger partial charge in [-0.1, -0.05) is 24.3 Å². The highest BCUT2D eigenvalue weighted by molar-refractivity contribution is 6.07. The normalized spacial score (nSPS) is 15.4. The fourth-order valence-electron chi connectivity index (χ4n) is 2.60. The van der Waals surface area contributed by atoms with Gasteiger partial charge in [0, 0.05) is 0 Å². The molecule has 1 aliphatic rings. The first-order valence-electron chi connectivity index (χ1n) is 7.72. The van der Waals surface area contributed by atoms with E-state index in [1.165, 1.54) is 7.11 Å². The van der Waals surface area contributed by atoms with Crippen molar-refractivity contribution < 1.29 is 19.1 Å². The van der Waals surface area contributed by atoms with Crippen LogP contribution in [0, 0.1) is 0 Å². The van der Waals surface area contributed by atoms with Crippen LogP contribution >= 0.6 is 0 Å². The minimum absolute atomic E-state index is 0.0737. The zero-order valence-corrected chi connectivity index (χ0v) is 13.5. The molecule has 25 heavy (non-hydrogen) atoms. The van der Waals surface area contributed by atoms with Crippen LogP contribution in [-0.4, -0.2) is 30.9 Å². The third-order valence-electron chi connectivity index (χ3n) is 3.83. The molecule has 1 aliphatic heterocycles. The lowest BCUT2D eigenvalue weighted by Gasteiger charge is -2.26. The molecule has 128 valence electrons. The number of hydrogen-bond acceptors (Lipinski definition) is 5. The fourth-order valence-corrected chi connectivity index (χ4v) is 2.60. The maximum Gasteiger partial charge on any atom is 0.339 e. The molecule has 0 fully saturated rings. The summed E-state index contributed by atoms with van der Waals surface area (Å²) < 4.78 is 4.70. The lowest BCUT2D eigenvalue weighted by atomic mass is 10.1. The minimum atomic E-state index is -0.694. The average molecular weight is 339 g/mol. The summed E-state index contributed by atoms with van der Waals surface area (Å²) in [7, 11) is 1.27. The lowest BCUT2D eigenvalue weighted by Crippen LogP contribution is -2.41. The second kappa shape index (κ2) is 7.04. The van der Waals surface area contributed by atoms with Gasteiger partial charge in [0.05, 0.1) is 36.2 Å². The van der Waals surface area contributed by atoms with Gasteiger partial charge in [-0.15, -0.1) is 0 Å². The van der Waals surface area contributed by atoms with Crippen LogP contribution in [-0.2, 0) is 14.3 Å². The number of amides is 2. The predicted molar refractivity (Wildman–Crippen MR) is 93.5 cm³/mol. The molecule has 0 aliphatic carbocycles. The molecular weight excluding hydrogens is 322 g/mol. The van der Waals surface area contributed by atoms with E-state index in [0.717, 1.165) is 5.69 Å². The first-order valence-corrected chi connectivity index (χ1v) is 7.72. The van der Waals surface area contributed by atoms with E-state index < -0.39 is 12.0 Å². The number of benzene rings is 2. The summed E-state index contributed by atoms with van der Waals surface area (Å²) in [6.07, 6.45) is -0.0737. The van der Waals surface area contributed by atoms with E-state index in [4.69, 9.17) is 4.74 Å². The summed E-state index contributed by atoms with van der Waals surface area (Å²) >= 11 is 0. The van der Waals surface area contributed by atoms with Crippen LogP contribution in [0.3, 0.4) is 0 Å². The van der Waals surface area contributed by atoms with Crippen molar-refractivity contribution in [1.82, 2.24) is 0 Å². The van der Waals surface area contributed by atoms with Crippen LogP contribution in [0.25, 0.3) is 0 Å². The van der Waals surface area contributed by atoms with Crippen molar-refractivity contribution >= 4 is 34.8 Å². The molecule has 3 N–H and O–H groups in total. The van der Waals surface area contributed by atoms with E-state index in [2.05, 4.69) is 16.0 Å². The van der Waals surface area contributed by atoms with Gasteiger partial charge in [-0.05, 0) is 24.3 Å². The standard InChI is InChI=1S/C18H17N3O4/c1-25-18(24)11-6-2-3-7-12(11)20-16(22)10-15-17(23)21-14-9-5-4-8-13(14)19-15/h2-9,15,19H,10H2,1H3,(H,20,22)(H,21,23)/t15-/m0/s1. The molecule has 2 aromatic carbocycles. The third-order valence-corrected chi connectivity index (χ3v) is 3.83. The van der Waals surface area contributed by atoms with Crippen LogP contribution in [0.15, 0.2) is 48.5 Å². The molecule has 1 heterocycles. The van der Waals surface area contributed by atoms with Crippen molar-refractivity contribution in [2.45, 2.75) is 12.5 Å². The SMILES string of the molecule is COC(=O)c1ccccc1NC(=O)C[C@@H]1Nc2ccccc2NC1=O. The third kappa shape index (κ3) is 3.60. The smallest absolute Gasteiger partial charge is 0.339 e. The van der Waals surface area contributed by atoms with Gasteiger partial charge in [0.2, 0.25) is 11.8 Å². The van der Waals surface area contributed by atoms with E-state index >= 15 is 0 Å². The van der Waals surface area contributed by atoms with Gasteiger partial charge in [-0.25, -0.2) is 4.79 Å². The number of rotatable bonds is 4. The molecule has 0 unspecified atom stereocenters. The van der Waals surface area contributed by atoms with Gasteiger partial charge >= 0.3 is 5.97 Å². The van der Waals surface area contributed by atoms with Crippen molar-refractivity contribution in [3.8, 4) is 0 Å². The quantitative estimate of drug-likeness (QED) is 0.742. The number of para-hydroxylation sites is 3. The van der Waals surface area contributed by atoms with Crippen molar-refractivity contribution in [3.63, 3.8) is 0 Å². The predicted octanol–water partition coefficient (Wildman–Crippen LogP) is 2.23. The Hall–Kier alpha value is -3.35. The van der Waals surface area contributed by atoms with Crippen molar-refractivity contribution in [2.24, 2.45) is 0 Å². The fraction of sp³-hybridized carbons (Fsp3) is 0.167. The summed E-state index contributed by atoms with van der Waals surface area (Å²) in [4.78, 5) is 36.2. The van der Waals surface area contributed by atoms with Crippen LogP contribution in [0.2, 0.25) is 0 Å². The molecule has 1 atom stereocenters. The number of anilines is 3. The molecule has 0 spiro atoms. The minimum Gasteiger partial charge on any atom is -0.465 e. The van der Waals surface area contributed by atoms with Crippen molar-refractivity contribution in [3.05, 3.63) is 54.1 Å². The summed E-state index contributed by atoms with van der Waals surface area (Å²) in [6, 6.07) is 13.1. The Labute approximate surface area is 144 Å². The van der Waals surface area contributed by atoms with Gasteiger partial charge in [-0.3, -0.25) is 9.59 Å². The number of nitrogens with one attached hydrogen (secondary N) is 3. The van der Waals surface area contributed by atoms with Gasteiger partial charge in [-0.2, -0.15) is 0 Å². The number of hydrogen-bond donors (Lipinski definition) is 3. The molecule has 2 aromatic rings. The second-order valence-corrected chi connectivity index (χ2v) is 5.52. The van der Waals surface area contributed by atoms with Gasteiger partial charge in [0.1, 0.15) is 6.04 Å². The van der Waals surface area contributed by atoms with Gasteiger partial charge in [0.15, 0.2) is 0 Å². The molecule has 3 rings (SSSR count). The summed E-state index contributed by atoms with van der Waals surface area (Å²) in [5.74, 6) is -1.21. The Morgan fingerprint density at radius 2 is 1.76 bits per heavy atom. The highest BCUT2D eigenvalue weighted by Gasteiger charge is 2.27. The number of ether oxygens (including phenoxy) is 1. The molecule has 0 saturated heterocycles. The molecule has 0 saturated carbocycles. The highest BCUT2D eigenvalue weighted by Crippen LogP contribution is 2.27. The number of carbonyl (C=O) groups excluding carboxylic acids is 3. The molecule has 0 aromatic heterocycles. The number of esters is 1. The summed E-state index contributed by atoms with van der Waals surface area (Å²) in [5, 5.41) is 8.47. The topological polar surface area (TPSA) is 96.5 Å². The van der Waals surface area contributed by atoms with Crippen LogP contribution in [0.1, 0.15) is 16.8 Å². The molecule has 2 amide bonds. The Kier molecular flexibility index (Phi) is 4.65. The van der Waals surface area contributed by atoms with Gasteiger partial charge < -0.3 is 20.7 Å². The van der Waals surface area contributed by atoms with Crippen molar-refractivity contribution in [2.75, 3.05) is 23.1 Å². The van der Waals surface area contributed by atoms with E-state index in [-0.39, 0.29) is 23.8 Å². The summed E-state index contributed by atoms with van der Waals surface area (Å²) in [5.41, 5.74) is 2.04. The molecular formula is C18H17N3O4.